The largest absolute Gasteiger partial charge is 0.452 e. The molecule has 0 spiro atoms. The smallest absolute Gasteiger partial charge is 0.247 e. The number of nitrogens with zero attached hydrogens (tertiary/aromatic N) is 1. The van der Waals surface area contributed by atoms with Crippen LogP contribution >= 0.6 is 15.9 Å². The molecule has 0 bridgehead atoms. The Morgan fingerprint density at radius 3 is 2.95 bits per heavy atom. The third-order valence-electron chi connectivity index (χ3n) is 2.95. The molecule has 1 unspecified atom stereocenters. The van der Waals surface area contributed by atoms with Crippen LogP contribution in [0.1, 0.15) is 12.7 Å². The van der Waals surface area contributed by atoms with Crippen LogP contribution in [0, 0.1) is 0 Å². The van der Waals surface area contributed by atoms with Crippen molar-refractivity contribution in [3.63, 3.8) is 0 Å². The van der Waals surface area contributed by atoms with E-state index in [9.17, 15) is 8.42 Å². The van der Waals surface area contributed by atoms with Gasteiger partial charge in [-0.2, -0.15) is 4.31 Å². The Morgan fingerprint density at radius 2 is 2.32 bits per heavy atom. The molecule has 1 saturated heterocycles. The lowest BCUT2D eigenvalue weighted by Crippen LogP contribution is -2.46. The van der Waals surface area contributed by atoms with E-state index in [1.54, 1.807) is 13.1 Å². The van der Waals surface area contributed by atoms with E-state index in [-0.39, 0.29) is 15.6 Å². The summed E-state index contributed by atoms with van der Waals surface area (Å²) in [4.78, 5) is 0.173. The Hall–Kier alpha value is -0.410. The number of furan rings is 1. The molecule has 0 aliphatic carbocycles. The molecule has 2 heterocycles. The molecule has 1 aromatic heterocycles. The summed E-state index contributed by atoms with van der Waals surface area (Å²) in [5.41, 5.74) is 0. The summed E-state index contributed by atoms with van der Waals surface area (Å²) >= 11 is 3.18. The van der Waals surface area contributed by atoms with Crippen molar-refractivity contribution >= 4 is 26.0 Å². The highest BCUT2D eigenvalue weighted by Crippen LogP contribution is 2.30. The standard InChI is InChI=1S/C11H17BrN2O4S/c1-8-7-17-4-3-14(8)19(15,16)10-5-9(6-13-2)18-11(10)12/h5,8,13H,3-4,6-7H2,1-2H3. The van der Waals surface area contributed by atoms with E-state index < -0.39 is 10.0 Å². The number of rotatable bonds is 4. The molecule has 0 aromatic carbocycles. The summed E-state index contributed by atoms with van der Waals surface area (Å²) in [7, 11) is -1.78. The lowest BCUT2D eigenvalue weighted by Gasteiger charge is -2.31. The molecule has 1 atom stereocenters. The molecule has 1 fully saturated rings. The van der Waals surface area contributed by atoms with E-state index in [4.69, 9.17) is 9.15 Å². The maximum Gasteiger partial charge on any atom is 0.247 e. The van der Waals surface area contributed by atoms with Gasteiger partial charge in [0.1, 0.15) is 10.7 Å². The fourth-order valence-electron chi connectivity index (χ4n) is 2.03. The number of halogens is 1. The van der Waals surface area contributed by atoms with Crippen LogP contribution in [0.3, 0.4) is 0 Å². The summed E-state index contributed by atoms with van der Waals surface area (Å²) < 4.78 is 37.5. The van der Waals surface area contributed by atoms with E-state index in [0.717, 1.165) is 0 Å². The van der Waals surface area contributed by atoms with Crippen molar-refractivity contribution in [3.05, 3.63) is 16.5 Å². The van der Waals surface area contributed by atoms with E-state index in [2.05, 4.69) is 21.2 Å². The van der Waals surface area contributed by atoms with Crippen molar-refractivity contribution in [1.82, 2.24) is 9.62 Å². The van der Waals surface area contributed by atoms with Gasteiger partial charge in [0.15, 0.2) is 4.67 Å². The van der Waals surface area contributed by atoms with E-state index >= 15 is 0 Å². The minimum absolute atomic E-state index is 0.173. The second-order valence-electron chi connectivity index (χ2n) is 4.42. The zero-order valence-corrected chi connectivity index (χ0v) is 13.3. The zero-order valence-electron chi connectivity index (χ0n) is 10.8. The summed E-state index contributed by atoms with van der Waals surface area (Å²) in [6.07, 6.45) is 0. The number of hydrogen-bond donors (Lipinski definition) is 1. The minimum Gasteiger partial charge on any atom is -0.452 e. The molecule has 0 radical (unpaired) electrons. The Kier molecular flexibility index (Phi) is 4.67. The van der Waals surface area contributed by atoms with Crippen LogP contribution in [-0.2, 0) is 21.3 Å². The van der Waals surface area contributed by atoms with Gasteiger partial charge in [-0.25, -0.2) is 8.42 Å². The Morgan fingerprint density at radius 1 is 1.58 bits per heavy atom. The van der Waals surface area contributed by atoms with Gasteiger partial charge in [0.2, 0.25) is 10.0 Å². The number of nitrogens with one attached hydrogen (secondary N) is 1. The number of sulfonamides is 1. The first-order valence-corrected chi connectivity index (χ1v) is 8.22. The van der Waals surface area contributed by atoms with Crippen LogP contribution in [0.15, 0.2) is 20.0 Å². The molecular formula is C11H17BrN2O4S. The predicted molar refractivity (Wildman–Crippen MR) is 73.3 cm³/mol. The third-order valence-corrected chi connectivity index (χ3v) is 5.82. The molecule has 2 rings (SSSR count). The second kappa shape index (κ2) is 5.92. The molecular weight excluding hydrogens is 336 g/mol. The van der Waals surface area contributed by atoms with E-state index in [1.165, 1.54) is 4.31 Å². The van der Waals surface area contributed by atoms with Gasteiger partial charge in [-0.3, -0.25) is 0 Å². The van der Waals surface area contributed by atoms with Crippen LogP contribution in [0.25, 0.3) is 0 Å². The zero-order chi connectivity index (χ0) is 14.0. The van der Waals surface area contributed by atoms with Gasteiger partial charge in [0, 0.05) is 18.7 Å². The van der Waals surface area contributed by atoms with E-state index in [0.29, 0.717) is 32.1 Å². The van der Waals surface area contributed by atoms with Crippen molar-refractivity contribution in [2.24, 2.45) is 0 Å². The van der Waals surface area contributed by atoms with Crippen molar-refractivity contribution in [1.29, 1.82) is 0 Å². The average molecular weight is 353 g/mol. The maximum absolute atomic E-state index is 12.6. The van der Waals surface area contributed by atoms with Crippen molar-refractivity contribution in [3.8, 4) is 0 Å². The highest BCUT2D eigenvalue weighted by Gasteiger charge is 2.34. The van der Waals surface area contributed by atoms with Gasteiger partial charge in [0.05, 0.1) is 19.8 Å². The highest BCUT2D eigenvalue weighted by molar-refractivity contribution is 9.10. The number of morpholine rings is 1. The lowest BCUT2D eigenvalue weighted by molar-refractivity contribution is 0.0392. The Balaban J connectivity index is 2.33. The van der Waals surface area contributed by atoms with Gasteiger partial charge in [-0.05, 0) is 29.9 Å². The Labute approximate surface area is 121 Å². The summed E-state index contributed by atoms with van der Waals surface area (Å²) in [6, 6.07) is 1.38. The molecule has 1 N–H and O–H groups in total. The van der Waals surface area contributed by atoms with Crippen molar-refractivity contribution < 1.29 is 17.6 Å². The fraction of sp³-hybridized carbons (Fsp3) is 0.636. The molecule has 1 aromatic rings. The van der Waals surface area contributed by atoms with Crippen LogP contribution in [0.4, 0.5) is 0 Å². The highest BCUT2D eigenvalue weighted by atomic mass is 79.9. The molecule has 0 amide bonds. The quantitative estimate of drug-likeness (QED) is 0.880. The molecule has 1 aliphatic heterocycles. The topological polar surface area (TPSA) is 71.8 Å². The maximum atomic E-state index is 12.6. The predicted octanol–water partition coefficient (Wildman–Crippen LogP) is 1.17. The average Bonchev–Trinajstić information content (AvgIpc) is 2.72. The van der Waals surface area contributed by atoms with Gasteiger partial charge in [-0.1, -0.05) is 0 Å². The molecule has 0 saturated carbocycles. The van der Waals surface area contributed by atoms with Gasteiger partial charge in [0.25, 0.3) is 0 Å². The number of hydrogen-bond acceptors (Lipinski definition) is 5. The molecule has 19 heavy (non-hydrogen) atoms. The SMILES string of the molecule is CNCc1cc(S(=O)(=O)N2CCOCC2C)c(Br)o1. The molecule has 8 heteroatoms. The Bertz CT molecular complexity index is 543. The number of ether oxygens (including phenoxy) is 1. The van der Waals surface area contributed by atoms with Crippen molar-refractivity contribution in [2.75, 3.05) is 26.8 Å². The monoisotopic (exact) mass is 352 g/mol. The van der Waals surface area contributed by atoms with Crippen molar-refractivity contribution in [2.45, 2.75) is 24.4 Å². The molecule has 6 nitrogen and oxygen atoms in total. The summed E-state index contributed by atoms with van der Waals surface area (Å²) in [6.45, 7) is 3.51. The third kappa shape index (κ3) is 3.03. The van der Waals surface area contributed by atoms with E-state index in [1.807, 2.05) is 6.92 Å². The van der Waals surface area contributed by atoms with Crippen LogP contribution in [0.5, 0.6) is 0 Å². The second-order valence-corrected chi connectivity index (χ2v) is 7.00. The lowest BCUT2D eigenvalue weighted by atomic mass is 10.3. The van der Waals surface area contributed by atoms with Crippen LogP contribution in [-0.4, -0.2) is 45.6 Å². The van der Waals surface area contributed by atoms with Gasteiger partial charge >= 0.3 is 0 Å². The summed E-state index contributed by atoms with van der Waals surface area (Å²) in [5, 5.41) is 2.92. The van der Waals surface area contributed by atoms with Gasteiger partial charge in [-0.15, -0.1) is 0 Å². The first-order valence-electron chi connectivity index (χ1n) is 5.99. The normalized spacial score (nSPS) is 21.7. The van der Waals surface area contributed by atoms with Crippen LogP contribution < -0.4 is 5.32 Å². The van der Waals surface area contributed by atoms with Crippen LogP contribution in [0.2, 0.25) is 0 Å². The first-order chi connectivity index (χ1) is 8.96. The first kappa shape index (κ1) is 15.0. The summed E-state index contributed by atoms with van der Waals surface area (Å²) in [5.74, 6) is 0.578. The molecule has 1 aliphatic rings. The van der Waals surface area contributed by atoms with Gasteiger partial charge < -0.3 is 14.5 Å². The minimum atomic E-state index is -3.55. The fourth-order valence-corrected chi connectivity index (χ4v) is 4.59. The molecule has 108 valence electrons.